The zero-order valence-corrected chi connectivity index (χ0v) is 24.7. The molecule has 0 saturated heterocycles. The van der Waals surface area contributed by atoms with Crippen LogP contribution in [0, 0.1) is 11.3 Å². The van der Waals surface area contributed by atoms with Crippen molar-refractivity contribution in [3.8, 4) is 23.3 Å². The van der Waals surface area contributed by atoms with Gasteiger partial charge in [0.1, 0.15) is 12.4 Å². The van der Waals surface area contributed by atoms with Crippen molar-refractivity contribution in [2.24, 2.45) is 0 Å². The van der Waals surface area contributed by atoms with E-state index in [9.17, 15) is 5.11 Å². The molecule has 2 aliphatic rings. The molecule has 3 N–H and O–H groups in total. The SMILES string of the molecule is CC(=O)O.CC1(C)OCc2cc([C@@H](O)CNCCc3ccc4c(c3)O[C@H](COCc3cccc(C#N)c3)CO4)ccc2O1. The van der Waals surface area contributed by atoms with Crippen molar-refractivity contribution in [2.75, 3.05) is 26.3 Å². The van der Waals surface area contributed by atoms with Crippen molar-refractivity contribution in [3.05, 3.63) is 88.5 Å². The van der Waals surface area contributed by atoms with Crippen molar-refractivity contribution in [2.45, 2.75) is 58.4 Å². The fourth-order valence-electron chi connectivity index (χ4n) is 4.59. The van der Waals surface area contributed by atoms with Gasteiger partial charge in [0.15, 0.2) is 17.6 Å². The molecule has 0 amide bonds. The number of rotatable bonds is 10. The quantitative estimate of drug-likeness (QED) is 0.289. The number of aliphatic hydroxyl groups is 1. The first-order valence-corrected chi connectivity index (χ1v) is 14.1. The molecule has 0 aromatic heterocycles. The maximum Gasteiger partial charge on any atom is 0.300 e. The van der Waals surface area contributed by atoms with Gasteiger partial charge in [0.2, 0.25) is 5.79 Å². The van der Waals surface area contributed by atoms with E-state index < -0.39 is 17.9 Å². The van der Waals surface area contributed by atoms with Crippen LogP contribution in [0.4, 0.5) is 0 Å². The molecule has 0 radical (unpaired) electrons. The van der Waals surface area contributed by atoms with Crippen LogP contribution in [0.25, 0.3) is 0 Å². The first-order chi connectivity index (χ1) is 20.6. The van der Waals surface area contributed by atoms with Crippen LogP contribution in [-0.4, -0.2) is 54.4 Å². The smallest absolute Gasteiger partial charge is 0.300 e. The van der Waals surface area contributed by atoms with Gasteiger partial charge >= 0.3 is 0 Å². The lowest BCUT2D eigenvalue weighted by molar-refractivity contribution is -0.180. The second kappa shape index (κ2) is 14.8. The van der Waals surface area contributed by atoms with Crippen molar-refractivity contribution in [1.82, 2.24) is 5.32 Å². The summed E-state index contributed by atoms with van der Waals surface area (Å²) in [6, 6.07) is 21.2. The van der Waals surface area contributed by atoms with Gasteiger partial charge in [0.05, 0.1) is 37.6 Å². The van der Waals surface area contributed by atoms with Gasteiger partial charge in [-0.3, -0.25) is 4.79 Å². The van der Waals surface area contributed by atoms with E-state index in [0.29, 0.717) is 50.8 Å². The van der Waals surface area contributed by atoms with Gasteiger partial charge in [-0.1, -0.05) is 24.3 Å². The van der Waals surface area contributed by atoms with Gasteiger partial charge in [-0.2, -0.15) is 5.26 Å². The second-order valence-corrected chi connectivity index (χ2v) is 10.8. The molecule has 228 valence electrons. The number of carbonyl (C=O) groups is 1. The van der Waals surface area contributed by atoms with Crippen molar-refractivity contribution >= 4 is 5.97 Å². The van der Waals surface area contributed by atoms with Crippen LogP contribution >= 0.6 is 0 Å². The third kappa shape index (κ3) is 9.70. The van der Waals surface area contributed by atoms with E-state index in [4.69, 9.17) is 38.8 Å². The highest BCUT2D eigenvalue weighted by atomic mass is 16.7. The largest absolute Gasteiger partial charge is 0.486 e. The number of carboxylic acid groups (broad SMARTS) is 1. The average Bonchev–Trinajstić information content (AvgIpc) is 2.98. The minimum Gasteiger partial charge on any atom is -0.486 e. The predicted octanol–water partition coefficient (Wildman–Crippen LogP) is 4.52. The molecule has 0 fully saturated rings. The van der Waals surface area contributed by atoms with Gasteiger partial charge < -0.3 is 39.2 Å². The Labute approximate surface area is 251 Å². The van der Waals surface area contributed by atoms with Gasteiger partial charge in [-0.15, -0.1) is 0 Å². The number of aliphatic carboxylic acids is 1. The number of hydrogen-bond acceptors (Lipinski definition) is 9. The van der Waals surface area contributed by atoms with E-state index in [2.05, 4.69) is 11.4 Å². The lowest BCUT2D eigenvalue weighted by Crippen LogP contribution is -2.35. The van der Waals surface area contributed by atoms with E-state index >= 15 is 0 Å². The molecule has 2 heterocycles. The fraction of sp³-hybridized carbons (Fsp3) is 0.394. The van der Waals surface area contributed by atoms with Gasteiger partial charge in [0, 0.05) is 32.9 Å². The Hall–Kier alpha value is -4.14. The highest BCUT2D eigenvalue weighted by Gasteiger charge is 2.27. The first kappa shape index (κ1) is 31.8. The normalized spacial score (nSPS) is 16.9. The Kier molecular flexibility index (Phi) is 11.0. The van der Waals surface area contributed by atoms with Crippen molar-refractivity contribution < 1.29 is 38.7 Å². The lowest BCUT2D eigenvalue weighted by Gasteiger charge is -2.33. The van der Waals surface area contributed by atoms with Crippen molar-refractivity contribution in [3.63, 3.8) is 0 Å². The van der Waals surface area contributed by atoms with Crippen LogP contribution in [0.1, 0.15) is 54.7 Å². The maximum atomic E-state index is 10.7. The van der Waals surface area contributed by atoms with E-state index in [1.807, 2.05) is 68.4 Å². The molecular weight excluding hydrogens is 552 g/mol. The van der Waals surface area contributed by atoms with E-state index in [-0.39, 0.29) is 6.10 Å². The Morgan fingerprint density at radius 2 is 1.91 bits per heavy atom. The summed E-state index contributed by atoms with van der Waals surface area (Å²) >= 11 is 0. The predicted molar refractivity (Wildman–Crippen MR) is 158 cm³/mol. The number of nitriles is 1. The number of fused-ring (bicyclic) bond motifs is 2. The fourth-order valence-corrected chi connectivity index (χ4v) is 4.59. The molecule has 0 saturated carbocycles. The number of ether oxygens (including phenoxy) is 5. The van der Waals surface area contributed by atoms with Crippen LogP contribution in [-0.2, 0) is 33.9 Å². The summed E-state index contributed by atoms with van der Waals surface area (Å²) in [6.07, 6.45) is -0.0620. The van der Waals surface area contributed by atoms with Crippen LogP contribution in [0.15, 0.2) is 60.7 Å². The highest BCUT2D eigenvalue weighted by molar-refractivity contribution is 5.63. The summed E-state index contributed by atoms with van der Waals surface area (Å²) < 4.78 is 29.4. The second-order valence-electron chi connectivity index (χ2n) is 10.8. The zero-order valence-electron chi connectivity index (χ0n) is 24.7. The molecule has 43 heavy (non-hydrogen) atoms. The highest BCUT2D eigenvalue weighted by Crippen LogP contribution is 2.34. The average molecular weight is 591 g/mol. The molecule has 0 spiro atoms. The van der Waals surface area contributed by atoms with Gasteiger partial charge in [-0.05, 0) is 66.1 Å². The Morgan fingerprint density at radius 3 is 2.70 bits per heavy atom. The van der Waals surface area contributed by atoms with Gasteiger partial charge in [0.25, 0.3) is 5.97 Å². The van der Waals surface area contributed by atoms with E-state index in [1.165, 1.54) is 0 Å². The van der Waals surface area contributed by atoms with Crippen LogP contribution in [0.2, 0.25) is 0 Å². The van der Waals surface area contributed by atoms with Crippen LogP contribution in [0.5, 0.6) is 17.2 Å². The van der Waals surface area contributed by atoms with E-state index in [0.717, 1.165) is 47.1 Å². The Morgan fingerprint density at radius 1 is 1.12 bits per heavy atom. The summed E-state index contributed by atoms with van der Waals surface area (Å²) in [5.74, 6) is 0.765. The monoisotopic (exact) mass is 590 g/mol. The minimum atomic E-state index is -0.833. The zero-order chi connectivity index (χ0) is 30.8. The number of nitrogens with one attached hydrogen (secondary N) is 1. The van der Waals surface area contributed by atoms with E-state index in [1.54, 1.807) is 6.07 Å². The molecule has 10 heteroatoms. The molecule has 2 aliphatic heterocycles. The number of benzene rings is 3. The summed E-state index contributed by atoms with van der Waals surface area (Å²) in [5, 5.41) is 30.5. The number of aliphatic hydroxyl groups excluding tert-OH is 1. The van der Waals surface area contributed by atoms with Crippen molar-refractivity contribution in [1.29, 1.82) is 5.26 Å². The summed E-state index contributed by atoms with van der Waals surface area (Å²) in [6.45, 7) is 7.68. The summed E-state index contributed by atoms with van der Waals surface area (Å²) in [7, 11) is 0. The number of carboxylic acids is 1. The Balaban J connectivity index is 0.000000996. The van der Waals surface area contributed by atoms with Crippen LogP contribution < -0.4 is 19.5 Å². The molecule has 0 unspecified atom stereocenters. The molecule has 10 nitrogen and oxygen atoms in total. The van der Waals surface area contributed by atoms with Crippen LogP contribution in [0.3, 0.4) is 0 Å². The van der Waals surface area contributed by atoms with Gasteiger partial charge in [-0.25, -0.2) is 0 Å². The first-order valence-electron chi connectivity index (χ1n) is 14.1. The Bertz CT molecular complexity index is 1430. The molecule has 3 aromatic rings. The number of nitrogens with zero attached hydrogens (tertiary/aromatic N) is 1. The molecule has 3 aromatic carbocycles. The number of hydrogen-bond donors (Lipinski definition) is 3. The molecule has 0 aliphatic carbocycles. The summed E-state index contributed by atoms with van der Waals surface area (Å²) in [4.78, 5) is 9.00. The maximum absolute atomic E-state index is 10.7. The molecule has 0 bridgehead atoms. The topological polar surface area (TPSA) is 140 Å². The third-order valence-corrected chi connectivity index (χ3v) is 6.68. The molecule has 2 atom stereocenters. The third-order valence-electron chi connectivity index (χ3n) is 6.68. The molecule has 5 rings (SSSR count). The standard InChI is InChI=1S/C31H34N2O6.C2H4O2/c1-31(2)37-18-25-14-24(7-9-28(25)39-31)27(34)16-33-11-10-21-6-8-29-30(13-21)38-26(20-36-29)19-35-17-23-5-3-4-22(12-23)15-32;1-2(3)4/h3-9,12-14,26-27,33-34H,10-11,16-20H2,1-2H3;1H3,(H,3,4)/t26-,27+;/m1./s1. The lowest BCUT2D eigenvalue weighted by atomic mass is 10.0. The summed E-state index contributed by atoms with van der Waals surface area (Å²) in [5.41, 5.74) is 4.45. The molecular formula is C33H38N2O8. The minimum absolute atomic E-state index is 0.210.